The highest BCUT2D eigenvalue weighted by molar-refractivity contribution is 5.67. The van der Waals surface area contributed by atoms with E-state index in [1.807, 2.05) is 0 Å². The van der Waals surface area contributed by atoms with Crippen molar-refractivity contribution in [2.45, 2.75) is 72.3 Å². The van der Waals surface area contributed by atoms with Crippen molar-refractivity contribution < 1.29 is 14.6 Å². The SMILES string of the molecule is CCCCOC(=O)NCC(C)CCC(O)CCC(C)C. The fourth-order valence-corrected chi connectivity index (χ4v) is 1.87. The van der Waals surface area contributed by atoms with Crippen LogP contribution in [0.4, 0.5) is 4.79 Å². The molecular formula is C16H33NO3. The highest BCUT2D eigenvalue weighted by atomic mass is 16.5. The Balaban J connectivity index is 3.57. The van der Waals surface area contributed by atoms with Gasteiger partial charge in [0.1, 0.15) is 0 Å². The fraction of sp³-hybridized carbons (Fsp3) is 0.938. The third-order valence-electron chi connectivity index (χ3n) is 3.40. The molecule has 4 heteroatoms. The van der Waals surface area contributed by atoms with Crippen molar-refractivity contribution in [2.75, 3.05) is 13.2 Å². The van der Waals surface area contributed by atoms with Crippen molar-refractivity contribution in [1.82, 2.24) is 5.32 Å². The van der Waals surface area contributed by atoms with E-state index in [-0.39, 0.29) is 12.2 Å². The molecule has 0 aromatic carbocycles. The van der Waals surface area contributed by atoms with Gasteiger partial charge in [0.05, 0.1) is 12.7 Å². The molecular weight excluding hydrogens is 254 g/mol. The highest BCUT2D eigenvalue weighted by Crippen LogP contribution is 2.13. The molecule has 0 aromatic heterocycles. The molecule has 0 aromatic rings. The lowest BCUT2D eigenvalue weighted by Gasteiger charge is -2.16. The fourth-order valence-electron chi connectivity index (χ4n) is 1.87. The first-order chi connectivity index (χ1) is 9.45. The zero-order valence-corrected chi connectivity index (χ0v) is 13.7. The van der Waals surface area contributed by atoms with Crippen LogP contribution in [0, 0.1) is 11.8 Å². The number of unbranched alkanes of at least 4 members (excludes halogenated alkanes) is 1. The quantitative estimate of drug-likeness (QED) is 0.569. The third-order valence-corrected chi connectivity index (χ3v) is 3.40. The van der Waals surface area contributed by atoms with Gasteiger partial charge in [-0.1, -0.05) is 34.1 Å². The molecule has 0 spiro atoms. The largest absolute Gasteiger partial charge is 0.450 e. The van der Waals surface area contributed by atoms with Gasteiger partial charge in [0.15, 0.2) is 0 Å². The van der Waals surface area contributed by atoms with E-state index in [4.69, 9.17) is 4.74 Å². The first-order valence-electron chi connectivity index (χ1n) is 8.04. The number of aliphatic hydroxyl groups excluding tert-OH is 1. The lowest BCUT2D eigenvalue weighted by atomic mass is 9.98. The van der Waals surface area contributed by atoms with Crippen LogP contribution in [0.5, 0.6) is 0 Å². The summed E-state index contributed by atoms with van der Waals surface area (Å²) in [5.41, 5.74) is 0. The number of hydrogen-bond acceptors (Lipinski definition) is 3. The Hall–Kier alpha value is -0.770. The summed E-state index contributed by atoms with van der Waals surface area (Å²) in [6.45, 7) is 9.59. The summed E-state index contributed by atoms with van der Waals surface area (Å²) in [6.07, 6.45) is 5.06. The van der Waals surface area contributed by atoms with E-state index in [1.54, 1.807) is 0 Å². The molecule has 0 bridgehead atoms. The van der Waals surface area contributed by atoms with Crippen LogP contribution in [-0.2, 0) is 4.74 Å². The van der Waals surface area contributed by atoms with Crippen molar-refractivity contribution in [3.8, 4) is 0 Å². The van der Waals surface area contributed by atoms with E-state index in [1.165, 1.54) is 0 Å². The monoisotopic (exact) mass is 287 g/mol. The van der Waals surface area contributed by atoms with E-state index in [0.717, 1.165) is 38.5 Å². The van der Waals surface area contributed by atoms with Gasteiger partial charge in [-0.05, 0) is 43.9 Å². The molecule has 2 atom stereocenters. The Morgan fingerprint density at radius 1 is 1.15 bits per heavy atom. The molecule has 0 radical (unpaired) electrons. The summed E-state index contributed by atoms with van der Waals surface area (Å²) >= 11 is 0. The maximum absolute atomic E-state index is 11.4. The van der Waals surface area contributed by atoms with Gasteiger partial charge < -0.3 is 15.2 Å². The zero-order chi connectivity index (χ0) is 15.4. The first-order valence-corrected chi connectivity index (χ1v) is 8.04. The van der Waals surface area contributed by atoms with Crippen LogP contribution in [-0.4, -0.2) is 30.5 Å². The minimum atomic E-state index is -0.328. The Labute approximate surface area is 124 Å². The van der Waals surface area contributed by atoms with E-state index in [2.05, 4.69) is 33.0 Å². The van der Waals surface area contributed by atoms with Crippen molar-refractivity contribution in [1.29, 1.82) is 0 Å². The van der Waals surface area contributed by atoms with Gasteiger partial charge in [-0.2, -0.15) is 0 Å². The lowest BCUT2D eigenvalue weighted by Crippen LogP contribution is -2.29. The molecule has 1 amide bonds. The molecule has 0 aliphatic carbocycles. The number of aliphatic hydroxyl groups is 1. The molecule has 2 unspecified atom stereocenters. The summed E-state index contributed by atoms with van der Waals surface area (Å²) < 4.78 is 5.02. The number of amides is 1. The van der Waals surface area contributed by atoms with Crippen molar-refractivity contribution in [2.24, 2.45) is 11.8 Å². The molecule has 20 heavy (non-hydrogen) atoms. The van der Waals surface area contributed by atoms with Crippen molar-refractivity contribution in [3.05, 3.63) is 0 Å². The predicted molar refractivity (Wildman–Crippen MR) is 82.7 cm³/mol. The maximum Gasteiger partial charge on any atom is 0.407 e. The molecule has 0 rings (SSSR count). The summed E-state index contributed by atoms with van der Waals surface area (Å²) in [5, 5.41) is 12.6. The number of nitrogens with one attached hydrogen (secondary N) is 1. The predicted octanol–water partition coefficient (Wildman–Crippen LogP) is 3.73. The molecule has 2 N–H and O–H groups in total. The number of ether oxygens (including phenoxy) is 1. The van der Waals surface area contributed by atoms with Gasteiger partial charge in [-0.25, -0.2) is 4.79 Å². The first kappa shape index (κ1) is 19.2. The van der Waals surface area contributed by atoms with Crippen LogP contribution >= 0.6 is 0 Å². The topological polar surface area (TPSA) is 58.6 Å². The average Bonchev–Trinajstić information content (AvgIpc) is 2.40. The van der Waals surface area contributed by atoms with Crippen LogP contribution in [0.2, 0.25) is 0 Å². The van der Waals surface area contributed by atoms with Gasteiger partial charge in [0.25, 0.3) is 0 Å². The summed E-state index contributed by atoms with van der Waals surface area (Å²) in [7, 11) is 0. The summed E-state index contributed by atoms with van der Waals surface area (Å²) in [5.74, 6) is 1.00. The van der Waals surface area contributed by atoms with E-state index in [9.17, 15) is 9.90 Å². The number of alkyl carbamates (subject to hydrolysis) is 1. The maximum atomic E-state index is 11.4. The molecule has 0 aliphatic rings. The Morgan fingerprint density at radius 3 is 2.40 bits per heavy atom. The van der Waals surface area contributed by atoms with Crippen LogP contribution in [0.1, 0.15) is 66.2 Å². The van der Waals surface area contributed by atoms with Gasteiger partial charge in [0, 0.05) is 6.54 Å². The number of carbonyl (C=O) groups excluding carboxylic acids is 1. The van der Waals surface area contributed by atoms with Crippen LogP contribution < -0.4 is 5.32 Å². The lowest BCUT2D eigenvalue weighted by molar-refractivity contribution is 0.134. The zero-order valence-electron chi connectivity index (χ0n) is 13.7. The van der Waals surface area contributed by atoms with E-state index in [0.29, 0.717) is 25.0 Å². The highest BCUT2D eigenvalue weighted by Gasteiger charge is 2.10. The summed E-state index contributed by atoms with van der Waals surface area (Å²) in [4.78, 5) is 11.4. The van der Waals surface area contributed by atoms with Gasteiger partial charge in [0.2, 0.25) is 0 Å². The Bertz CT molecular complexity index is 244. The molecule has 0 heterocycles. The molecule has 120 valence electrons. The second-order valence-corrected chi connectivity index (χ2v) is 6.18. The van der Waals surface area contributed by atoms with Crippen molar-refractivity contribution >= 4 is 6.09 Å². The standard InChI is InChI=1S/C16H33NO3/c1-5-6-11-20-16(19)17-12-14(4)8-10-15(18)9-7-13(2)3/h13-15,18H,5-12H2,1-4H3,(H,17,19). The van der Waals surface area contributed by atoms with Crippen LogP contribution in [0.3, 0.4) is 0 Å². The second kappa shape index (κ2) is 12.0. The minimum Gasteiger partial charge on any atom is -0.450 e. The molecule has 4 nitrogen and oxygen atoms in total. The normalized spacial score (nSPS) is 14.1. The Kier molecular flexibility index (Phi) is 11.5. The van der Waals surface area contributed by atoms with Crippen LogP contribution in [0.15, 0.2) is 0 Å². The van der Waals surface area contributed by atoms with Gasteiger partial charge >= 0.3 is 6.09 Å². The minimum absolute atomic E-state index is 0.212. The number of carbonyl (C=O) groups is 1. The number of rotatable bonds is 11. The smallest absolute Gasteiger partial charge is 0.407 e. The van der Waals surface area contributed by atoms with Gasteiger partial charge in [-0.3, -0.25) is 0 Å². The summed E-state index contributed by atoms with van der Waals surface area (Å²) in [6, 6.07) is 0. The molecule has 0 fully saturated rings. The molecule has 0 saturated carbocycles. The van der Waals surface area contributed by atoms with Gasteiger partial charge in [-0.15, -0.1) is 0 Å². The van der Waals surface area contributed by atoms with E-state index < -0.39 is 0 Å². The molecule has 0 aliphatic heterocycles. The molecule has 0 saturated heterocycles. The number of hydrogen-bond donors (Lipinski definition) is 2. The second-order valence-electron chi connectivity index (χ2n) is 6.18. The van der Waals surface area contributed by atoms with Crippen molar-refractivity contribution in [3.63, 3.8) is 0 Å². The Morgan fingerprint density at radius 2 is 1.80 bits per heavy atom. The van der Waals surface area contributed by atoms with Crippen LogP contribution in [0.25, 0.3) is 0 Å². The van der Waals surface area contributed by atoms with E-state index >= 15 is 0 Å². The third kappa shape index (κ3) is 12.3. The average molecular weight is 287 g/mol.